The van der Waals surface area contributed by atoms with Gasteiger partial charge >= 0.3 is 6.18 Å². The molecule has 3 heterocycles. The molecule has 0 atom stereocenters. The van der Waals surface area contributed by atoms with Gasteiger partial charge in [-0.05, 0) is 78.5 Å². The van der Waals surface area contributed by atoms with Crippen molar-refractivity contribution >= 4 is 11.7 Å². The van der Waals surface area contributed by atoms with Crippen LogP contribution in [0.4, 0.5) is 19.0 Å². The number of rotatable bonds is 6. The minimum atomic E-state index is -4.61. The topological polar surface area (TPSA) is 99.7 Å². The smallest absolute Gasteiger partial charge is 0.317 e. The average molecular weight is 544 g/mol. The summed E-state index contributed by atoms with van der Waals surface area (Å²) in [5.74, 6) is 0.536. The second kappa shape index (κ2) is 9.57. The first kappa shape index (κ1) is 25.7. The predicted octanol–water partition coefficient (Wildman–Crippen LogP) is 5.19. The summed E-state index contributed by atoms with van der Waals surface area (Å²) < 4.78 is 43.9. The van der Waals surface area contributed by atoms with E-state index in [-0.39, 0.29) is 36.0 Å². The number of carbonyl (C=O) groups is 1. The normalized spacial score (nSPS) is 14.9. The number of hydrogen-bond acceptors (Lipinski definition) is 6. The number of nitrogens with zero attached hydrogens (tertiary/aromatic N) is 6. The molecule has 2 aromatic heterocycles. The first-order chi connectivity index (χ1) is 19.2. The number of aromatic nitrogens is 4. The summed E-state index contributed by atoms with van der Waals surface area (Å²) in [7, 11) is 3.44. The lowest BCUT2D eigenvalue weighted by Gasteiger charge is -2.19. The molecule has 0 unspecified atom stereocenters. The average Bonchev–Trinajstić information content (AvgIpc) is 3.62. The van der Waals surface area contributed by atoms with E-state index in [1.807, 2.05) is 12.1 Å². The Bertz CT molecular complexity index is 1700. The molecule has 1 fully saturated rings. The van der Waals surface area contributed by atoms with Crippen LogP contribution < -0.4 is 10.2 Å². The van der Waals surface area contributed by atoms with Crippen molar-refractivity contribution in [1.82, 2.24) is 25.1 Å². The zero-order valence-corrected chi connectivity index (χ0v) is 21.8. The second-order valence-electron chi connectivity index (χ2n) is 10.1. The number of anilines is 1. The summed E-state index contributed by atoms with van der Waals surface area (Å²) in [4.78, 5) is 19.7. The number of halogens is 3. The van der Waals surface area contributed by atoms with E-state index in [0.29, 0.717) is 22.5 Å². The van der Waals surface area contributed by atoms with Crippen molar-refractivity contribution in [2.75, 3.05) is 11.9 Å². The van der Waals surface area contributed by atoms with E-state index in [1.54, 1.807) is 43.2 Å². The summed E-state index contributed by atoms with van der Waals surface area (Å²) in [6, 6.07) is 13.7. The Kier molecular flexibility index (Phi) is 6.15. The fourth-order valence-corrected chi connectivity index (χ4v) is 5.21. The van der Waals surface area contributed by atoms with Gasteiger partial charge in [-0.1, -0.05) is 6.07 Å². The molecule has 2 aliphatic rings. The Morgan fingerprint density at radius 2 is 1.90 bits per heavy atom. The number of aryl methyl sites for hydroxylation is 1. The van der Waals surface area contributed by atoms with Crippen LogP contribution in [0.5, 0.6) is 0 Å². The predicted molar refractivity (Wildman–Crippen MR) is 141 cm³/mol. The van der Waals surface area contributed by atoms with Crippen molar-refractivity contribution in [3.05, 3.63) is 82.3 Å². The lowest BCUT2D eigenvalue weighted by atomic mass is 9.96. The van der Waals surface area contributed by atoms with Crippen LogP contribution in [0.1, 0.15) is 57.1 Å². The number of hydrogen-bond donors (Lipinski definition) is 1. The quantitative estimate of drug-likeness (QED) is 0.359. The molecular formula is C29H24F3N7O. The molecule has 1 N–H and O–H groups in total. The summed E-state index contributed by atoms with van der Waals surface area (Å²) in [5, 5.41) is 20.6. The molecule has 11 heteroatoms. The van der Waals surface area contributed by atoms with Gasteiger partial charge in [0.1, 0.15) is 12.1 Å². The lowest BCUT2D eigenvalue weighted by molar-refractivity contribution is -0.138. The first-order valence-corrected chi connectivity index (χ1v) is 12.8. The molecule has 1 amide bonds. The number of benzene rings is 2. The van der Waals surface area contributed by atoms with Crippen molar-refractivity contribution in [1.29, 1.82) is 5.26 Å². The van der Waals surface area contributed by atoms with Crippen LogP contribution >= 0.6 is 0 Å². The highest BCUT2D eigenvalue weighted by Crippen LogP contribution is 2.44. The minimum absolute atomic E-state index is 0.0402. The molecule has 202 valence electrons. The summed E-state index contributed by atoms with van der Waals surface area (Å²) in [6.45, 7) is -0.0281. The highest BCUT2D eigenvalue weighted by Gasteiger charge is 2.41. The van der Waals surface area contributed by atoms with Gasteiger partial charge in [-0.3, -0.25) is 9.69 Å². The number of carbonyl (C=O) groups excluding carboxylic acids is 1. The van der Waals surface area contributed by atoms with Crippen molar-refractivity contribution in [2.24, 2.45) is 7.05 Å². The first-order valence-electron chi connectivity index (χ1n) is 12.8. The van der Waals surface area contributed by atoms with Gasteiger partial charge in [0.05, 0.1) is 23.7 Å². The van der Waals surface area contributed by atoms with Crippen molar-refractivity contribution < 1.29 is 18.0 Å². The highest BCUT2D eigenvalue weighted by molar-refractivity contribution is 6.10. The van der Waals surface area contributed by atoms with E-state index in [9.17, 15) is 23.2 Å². The summed E-state index contributed by atoms with van der Waals surface area (Å²) >= 11 is 0. The molecule has 1 aliphatic carbocycles. The van der Waals surface area contributed by atoms with Gasteiger partial charge in [-0.15, -0.1) is 10.2 Å². The van der Waals surface area contributed by atoms with E-state index in [2.05, 4.69) is 21.6 Å². The monoisotopic (exact) mass is 543 g/mol. The Morgan fingerprint density at radius 3 is 2.55 bits per heavy atom. The van der Waals surface area contributed by atoms with Gasteiger partial charge in [-0.2, -0.15) is 18.4 Å². The fraction of sp³-hybridized carbons (Fsp3) is 0.276. The molecule has 40 heavy (non-hydrogen) atoms. The summed E-state index contributed by atoms with van der Waals surface area (Å²) in [6.07, 6.45) is -1.16. The molecule has 2 aromatic carbocycles. The molecule has 0 bridgehead atoms. The molecule has 6 rings (SSSR count). The number of alkyl halides is 3. The molecule has 0 saturated heterocycles. The largest absolute Gasteiger partial charge is 0.416 e. The summed E-state index contributed by atoms with van der Waals surface area (Å²) in [5.41, 5.74) is 2.94. The van der Waals surface area contributed by atoms with Gasteiger partial charge < -0.3 is 9.88 Å². The van der Waals surface area contributed by atoms with Gasteiger partial charge in [-0.25, -0.2) is 4.98 Å². The highest BCUT2D eigenvalue weighted by atomic mass is 19.4. The molecule has 0 spiro atoms. The Labute approximate surface area is 228 Å². The van der Waals surface area contributed by atoms with E-state index in [1.165, 1.54) is 11.0 Å². The van der Waals surface area contributed by atoms with E-state index in [0.717, 1.165) is 35.7 Å². The third-order valence-corrected chi connectivity index (χ3v) is 7.30. The zero-order valence-electron chi connectivity index (χ0n) is 21.8. The maximum absolute atomic E-state index is 14.1. The Balaban J connectivity index is 1.49. The maximum atomic E-state index is 14.1. The van der Waals surface area contributed by atoms with Crippen LogP contribution in [0, 0.1) is 11.3 Å². The molecule has 8 nitrogen and oxygen atoms in total. The number of pyridine rings is 1. The SMILES string of the molecule is CNCc1cc2c(c(C(F)(F)F)c1)CN(c1cc(-c3ccc(C#N)cc3-c3nncn3C)cc(C3CC3)n1)C2=O. The van der Waals surface area contributed by atoms with Gasteiger partial charge in [0.2, 0.25) is 0 Å². The van der Waals surface area contributed by atoms with Crippen LogP contribution in [0.15, 0.2) is 48.8 Å². The Hall–Kier alpha value is -4.56. The number of amides is 1. The molecule has 4 aromatic rings. The van der Waals surface area contributed by atoms with Crippen LogP contribution in [-0.2, 0) is 26.3 Å². The fourth-order valence-electron chi connectivity index (χ4n) is 5.21. The molecule has 0 radical (unpaired) electrons. The van der Waals surface area contributed by atoms with E-state index in [4.69, 9.17) is 4.98 Å². The van der Waals surface area contributed by atoms with E-state index >= 15 is 0 Å². The van der Waals surface area contributed by atoms with Gasteiger partial charge in [0, 0.05) is 36.3 Å². The van der Waals surface area contributed by atoms with Gasteiger partial charge in [0.25, 0.3) is 5.91 Å². The van der Waals surface area contributed by atoms with Crippen molar-refractivity contribution in [3.63, 3.8) is 0 Å². The molecule has 1 aliphatic heterocycles. The zero-order chi connectivity index (χ0) is 28.2. The van der Waals surface area contributed by atoms with E-state index < -0.39 is 17.6 Å². The lowest BCUT2D eigenvalue weighted by Crippen LogP contribution is -2.24. The number of fused-ring (bicyclic) bond motifs is 1. The third-order valence-electron chi connectivity index (χ3n) is 7.30. The Morgan fingerprint density at radius 1 is 1.10 bits per heavy atom. The maximum Gasteiger partial charge on any atom is 0.416 e. The molecular weight excluding hydrogens is 519 g/mol. The molecule has 1 saturated carbocycles. The van der Waals surface area contributed by atoms with Crippen LogP contribution in [0.3, 0.4) is 0 Å². The standard InChI is InChI=1S/C29H24F3N7O/c1-34-13-17-8-22-23(24(9-17)29(30,31)32)14-39(28(22)40)26-11-19(10-25(36-26)18-4-5-18)20-6-3-16(12-33)7-21(20)27-37-35-15-38(27)2/h3,6-11,15,18,34H,4-5,13-14H2,1-2H3. The number of nitrogens with one attached hydrogen (secondary N) is 1. The van der Waals surface area contributed by atoms with Gasteiger partial charge in [0.15, 0.2) is 5.82 Å². The van der Waals surface area contributed by atoms with Crippen molar-refractivity contribution in [2.45, 2.75) is 38.0 Å². The number of nitriles is 1. The van der Waals surface area contributed by atoms with Crippen LogP contribution in [0.25, 0.3) is 22.5 Å². The van der Waals surface area contributed by atoms with Crippen LogP contribution in [-0.4, -0.2) is 32.7 Å². The minimum Gasteiger partial charge on any atom is -0.317 e. The second-order valence-corrected chi connectivity index (χ2v) is 10.1. The van der Waals surface area contributed by atoms with Crippen LogP contribution in [0.2, 0.25) is 0 Å². The third kappa shape index (κ3) is 4.50. The van der Waals surface area contributed by atoms with Crippen molar-refractivity contribution in [3.8, 4) is 28.6 Å².